The summed E-state index contributed by atoms with van der Waals surface area (Å²) in [5, 5.41) is 4.88. The smallest absolute Gasteiger partial charge is 0.188 e. The molecule has 2 aliphatic rings. The Morgan fingerprint density at radius 2 is 2.04 bits per heavy atom. The Kier molecular flexibility index (Phi) is 3.70. The van der Waals surface area contributed by atoms with Gasteiger partial charge in [0.1, 0.15) is 5.75 Å². The zero-order valence-electron chi connectivity index (χ0n) is 13.7. The molecule has 4 rings (SSSR count). The summed E-state index contributed by atoms with van der Waals surface area (Å²) in [6.45, 7) is 4.26. The van der Waals surface area contributed by atoms with Gasteiger partial charge in [-0.2, -0.15) is 0 Å². The zero-order chi connectivity index (χ0) is 16.9. The van der Waals surface area contributed by atoms with Crippen LogP contribution < -0.4 is 15.0 Å². The molecular weight excluding hydrogens is 340 g/mol. The third-order valence-corrected chi connectivity index (χ3v) is 5.38. The second-order valence-corrected chi connectivity index (χ2v) is 7.34. The highest BCUT2D eigenvalue weighted by atomic mass is 35.5. The Labute approximate surface area is 152 Å². The lowest BCUT2D eigenvalue weighted by atomic mass is 9.89. The first-order chi connectivity index (χ1) is 11.5. The molecule has 1 fully saturated rings. The van der Waals surface area contributed by atoms with Crippen molar-refractivity contribution >= 4 is 34.6 Å². The van der Waals surface area contributed by atoms with Gasteiger partial charge in [0.2, 0.25) is 0 Å². The van der Waals surface area contributed by atoms with Crippen LogP contribution in [0.4, 0.5) is 5.69 Å². The molecule has 24 heavy (non-hydrogen) atoms. The van der Waals surface area contributed by atoms with Gasteiger partial charge in [0.25, 0.3) is 0 Å². The van der Waals surface area contributed by atoms with E-state index < -0.39 is 5.72 Å². The third kappa shape index (κ3) is 2.45. The van der Waals surface area contributed by atoms with E-state index in [1.54, 1.807) is 0 Å². The first-order valence-corrected chi connectivity index (χ1v) is 8.97. The molecule has 0 amide bonds. The van der Waals surface area contributed by atoms with Crippen LogP contribution in [0.3, 0.4) is 0 Å². The first-order valence-electron chi connectivity index (χ1n) is 8.18. The summed E-state index contributed by atoms with van der Waals surface area (Å²) in [7, 11) is 0. The SMILES string of the molecule is CCc1ccc2c(c1)C1CC(C)(O2)N(c2ccc(Cl)cc2)C(=S)N1. The van der Waals surface area contributed by atoms with Gasteiger partial charge in [-0.05, 0) is 61.5 Å². The maximum absolute atomic E-state index is 6.42. The number of aryl methyl sites for hydroxylation is 1. The van der Waals surface area contributed by atoms with Gasteiger partial charge >= 0.3 is 0 Å². The number of anilines is 1. The highest BCUT2D eigenvalue weighted by molar-refractivity contribution is 7.80. The lowest BCUT2D eigenvalue weighted by Gasteiger charge is -2.52. The number of halogens is 1. The molecule has 1 N–H and O–H groups in total. The van der Waals surface area contributed by atoms with E-state index >= 15 is 0 Å². The molecule has 0 aliphatic carbocycles. The van der Waals surface area contributed by atoms with Crippen LogP contribution in [0.2, 0.25) is 5.02 Å². The van der Waals surface area contributed by atoms with Gasteiger partial charge < -0.3 is 10.1 Å². The molecule has 124 valence electrons. The van der Waals surface area contributed by atoms with E-state index in [9.17, 15) is 0 Å². The van der Waals surface area contributed by atoms with Gasteiger partial charge in [-0.3, -0.25) is 4.90 Å². The summed E-state index contributed by atoms with van der Waals surface area (Å²) in [5.41, 5.74) is 2.98. The van der Waals surface area contributed by atoms with Crippen LogP contribution in [0.5, 0.6) is 5.75 Å². The van der Waals surface area contributed by atoms with Crippen LogP contribution in [0.25, 0.3) is 0 Å². The highest BCUT2D eigenvalue weighted by Crippen LogP contribution is 2.45. The molecule has 2 aromatic carbocycles. The highest BCUT2D eigenvalue weighted by Gasteiger charge is 2.48. The quantitative estimate of drug-likeness (QED) is 0.776. The standard InChI is InChI=1S/C19H19ClN2OS/c1-3-12-4-9-17-15(10-12)16-11-19(2,23-17)22(18(24)21-16)14-7-5-13(20)6-8-14/h4-10,16H,3,11H2,1-2H3,(H,21,24). The number of nitrogens with one attached hydrogen (secondary N) is 1. The number of ether oxygens (including phenoxy) is 1. The van der Waals surface area contributed by atoms with Gasteiger partial charge in [-0.25, -0.2) is 0 Å². The van der Waals surface area contributed by atoms with E-state index in [0.717, 1.165) is 24.3 Å². The molecule has 1 saturated heterocycles. The average molecular weight is 359 g/mol. The fourth-order valence-corrected chi connectivity index (χ4v) is 4.19. The number of rotatable bonds is 2. The molecule has 0 radical (unpaired) electrons. The number of hydrogen-bond acceptors (Lipinski definition) is 2. The summed E-state index contributed by atoms with van der Waals surface area (Å²) in [6.07, 6.45) is 1.84. The van der Waals surface area contributed by atoms with Crippen molar-refractivity contribution in [2.24, 2.45) is 0 Å². The van der Waals surface area contributed by atoms with Gasteiger partial charge in [0.15, 0.2) is 10.8 Å². The lowest BCUT2D eigenvalue weighted by Crippen LogP contribution is -2.65. The fourth-order valence-electron chi connectivity index (χ4n) is 3.62. The van der Waals surface area contributed by atoms with Crippen molar-refractivity contribution in [3.05, 3.63) is 58.6 Å². The minimum atomic E-state index is -0.512. The van der Waals surface area contributed by atoms with E-state index in [1.807, 2.05) is 29.2 Å². The van der Waals surface area contributed by atoms with Crippen LogP contribution in [-0.4, -0.2) is 10.8 Å². The summed E-state index contributed by atoms with van der Waals surface area (Å²) in [6, 6.07) is 14.3. The third-order valence-electron chi connectivity index (χ3n) is 4.83. The Morgan fingerprint density at radius 3 is 2.75 bits per heavy atom. The minimum absolute atomic E-state index is 0.182. The fraction of sp³-hybridized carbons (Fsp3) is 0.316. The van der Waals surface area contributed by atoms with Crippen LogP contribution >= 0.6 is 23.8 Å². The molecule has 2 atom stereocenters. The van der Waals surface area contributed by atoms with Crippen LogP contribution in [-0.2, 0) is 6.42 Å². The van der Waals surface area contributed by atoms with Crippen molar-refractivity contribution in [1.82, 2.24) is 5.32 Å². The summed E-state index contributed by atoms with van der Waals surface area (Å²) >= 11 is 11.7. The monoisotopic (exact) mass is 358 g/mol. The maximum Gasteiger partial charge on any atom is 0.188 e. The van der Waals surface area contributed by atoms with Gasteiger partial charge in [0, 0.05) is 22.7 Å². The van der Waals surface area contributed by atoms with Crippen LogP contribution in [0, 0.1) is 0 Å². The zero-order valence-corrected chi connectivity index (χ0v) is 15.2. The Hall–Kier alpha value is -1.78. The van der Waals surface area contributed by atoms with E-state index in [1.165, 1.54) is 11.1 Å². The van der Waals surface area contributed by atoms with Crippen molar-refractivity contribution in [3.8, 4) is 5.75 Å². The van der Waals surface area contributed by atoms with Crippen molar-refractivity contribution in [1.29, 1.82) is 0 Å². The van der Waals surface area contributed by atoms with E-state index in [0.29, 0.717) is 10.1 Å². The lowest BCUT2D eigenvalue weighted by molar-refractivity contribution is 0.0497. The predicted octanol–water partition coefficient (Wildman–Crippen LogP) is 4.84. The molecular formula is C19H19ClN2OS. The molecule has 2 bridgehead atoms. The molecule has 3 nitrogen and oxygen atoms in total. The topological polar surface area (TPSA) is 24.5 Å². The Balaban J connectivity index is 1.77. The number of hydrogen-bond donors (Lipinski definition) is 1. The maximum atomic E-state index is 6.42. The van der Waals surface area contributed by atoms with Gasteiger partial charge in [-0.15, -0.1) is 0 Å². The second kappa shape index (κ2) is 5.64. The summed E-state index contributed by atoms with van der Waals surface area (Å²) < 4.78 is 6.42. The normalized spacial score (nSPS) is 24.9. The number of thiocarbonyl (C=S) groups is 1. The molecule has 0 spiro atoms. The van der Waals surface area contributed by atoms with Gasteiger partial charge in [-0.1, -0.05) is 30.7 Å². The summed E-state index contributed by atoms with van der Waals surface area (Å²) in [5.74, 6) is 0.930. The van der Waals surface area contributed by atoms with Crippen LogP contribution in [0.15, 0.2) is 42.5 Å². The Bertz CT molecular complexity index is 808. The number of fused-ring (bicyclic) bond motifs is 4. The molecule has 2 aliphatic heterocycles. The number of nitrogens with zero attached hydrogens (tertiary/aromatic N) is 1. The molecule has 2 aromatic rings. The summed E-state index contributed by atoms with van der Waals surface area (Å²) in [4.78, 5) is 2.05. The van der Waals surface area contributed by atoms with Crippen molar-refractivity contribution in [2.75, 3.05) is 4.90 Å². The van der Waals surface area contributed by atoms with Crippen molar-refractivity contribution < 1.29 is 4.74 Å². The average Bonchev–Trinajstić information content (AvgIpc) is 2.55. The molecule has 0 aromatic heterocycles. The van der Waals surface area contributed by atoms with Crippen molar-refractivity contribution in [2.45, 2.75) is 38.5 Å². The minimum Gasteiger partial charge on any atom is -0.467 e. The number of benzene rings is 2. The van der Waals surface area contributed by atoms with E-state index in [-0.39, 0.29) is 6.04 Å². The second-order valence-electron chi connectivity index (χ2n) is 6.52. The molecule has 0 saturated carbocycles. The van der Waals surface area contributed by atoms with E-state index in [4.69, 9.17) is 28.6 Å². The van der Waals surface area contributed by atoms with E-state index in [2.05, 4.69) is 37.4 Å². The van der Waals surface area contributed by atoms with Gasteiger partial charge in [0.05, 0.1) is 6.04 Å². The largest absolute Gasteiger partial charge is 0.467 e. The van der Waals surface area contributed by atoms with Crippen LogP contribution in [0.1, 0.15) is 37.4 Å². The molecule has 2 heterocycles. The molecule has 2 unspecified atom stereocenters. The first kappa shape index (κ1) is 15.7. The Morgan fingerprint density at radius 1 is 1.29 bits per heavy atom. The van der Waals surface area contributed by atoms with Crippen molar-refractivity contribution in [3.63, 3.8) is 0 Å². The predicted molar refractivity (Wildman–Crippen MR) is 102 cm³/mol. The molecule has 5 heteroatoms.